The maximum atomic E-state index is 2.34. The van der Waals surface area contributed by atoms with Crippen molar-refractivity contribution < 1.29 is 0 Å². The summed E-state index contributed by atoms with van der Waals surface area (Å²) in [7, 11) is 0. The largest absolute Gasteiger partial charge is 0.0680 e. The molecule has 0 N–H and O–H groups in total. The first kappa shape index (κ1) is 12.4. The Kier molecular flexibility index (Phi) is 4.00. The van der Waals surface area contributed by atoms with Crippen molar-refractivity contribution in [1.29, 1.82) is 0 Å². The zero-order valence-corrected chi connectivity index (χ0v) is 12.2. The standard InChI is InChI=1S/C16H15I/c1-12(2)16(13-6-4-3-5-7-13)14-8-10-15(17)11-9-14/h3-11H,1-2H3. The third-order valence-corrected chi connectivity index (χ3v) is 3.41. The molecule has 2 aromatic carbocycles. The maximum Gasteiger partial charge on any atom is 0.0130 e. The van der Waals surface area contributed by atoms with Gasteiger partial charge in [-0.1, -0.05) is 48.0 Å². The van der Waals surface area contributed by atoms with E-state index in [9.17, 15) is 0 Å². The summed E-state index contributed by atoms with van der Waals surface area (Å²) >= 11 is 2.34. The van der Waals surface area contributed by atoms with Crippen LogP contribution in [0.5, 0.6) is 0 Å². The van der Waals surface area contributed by atoms with Crippen molar-refractivity contribution in [3.8, 4) is 0 Å². The van der Waals surface area contributed by atoms with E-state index in [0.29, 0.717) is 0 Å². The summed E-state index contributed by atoms with van der Waals surface area (Å²) in [5.74, 6) is 0. The molecule has 17 heavy (non-hydrogen) atoms. The Labute approximate surface area is 117 Å². The van der Waals surface area contributed by atoms with Crippen LogP contribution in [0.3, 0.4) is 0 Å². The highest BCUT2D eigenvalue weighted by Gasteiger charge is 2.05. The highest BCUT2D eigenvalue weighted by atomic mass is 127. The van der Waals surface area contributed by atoms with Crippen LogP contribution in [-0.2, 0) is 0 Å². The molecule has 0 fully saturated rings. The van der Waals surface area contributed by atoms with Crippen LogP contribution in [0.4, 0.5) is 0 Å². The average Bonchev–Trinajstić information content (AvgIpc) is 2.33. The van der Waals surface area contributed by atoms with Crippen molar-refractivity contribution in [1.82, 2.24) is 0 Å². The SMILES string of the molecule is CC(C)=C(c1ccccc1)c1ccc(I)cc1. The van der Waals surface area contributed by atoms with Crippen LogP contribution < -0.4 is 0 Å². The van der Waals surface area contributed by atoms with Gasteiger partial charge >= 0.3 is 0 Å². The molecule has 0 aliphatic rings. The highest BCUT2D eigenvalue weighted by Crippen LogP contribution is 2.27. The Morgan fingerprint density at radius 2 is 1.29 bits per heavy atom. The second-order valence-corrected chi connectivity index (χ2v) is 5.49. The molecule has 0 atom stereocenters. The minimum absolute atomic E-state index is 1.27. The third kappa shape index (κ3) is 2.97. The van der Waals surface area contributed by atoms with Gasteiger partial charge in [-0.15, -0.1) is 0 Å². The zero-order chi connectivity index (χ0) is 12.3. The predicted octanol–water partition coefficient (Wildman–Crippen LogP) is 5.13. The lowest BCUT2D eigenvalue weighted by Crippen LogP contribution is -1.90. The Morgan fingerprint density at radius 3 is 1.82 bits per heavy atom. The fourth-order valence-electron chi connectivity index (χ4n) is 1.97. The smallest absolute Gasteiger partial charge is 0.0130 e. The molecule has 0 radical (unpaired) electrons. The lowest BCUT2D eigenvalue weighted by atomic mass is 9.94. The van der Waals surface area contributed by atoms with Crippen LogP contribution in [-0.4, -0.2) is 0 Å². The summed E-state index contributed by atoms with van der Waals surface area (Å²) < 4.78 is 1.27. The zero-order valence-electron chi connectivity index (χ0n) is 10.1. The van der Waals surface area contributed by atoms with Crippen molar-refractivity contribution in [3.05, 3.63) is 74.9 Å². The topological polar surface area (TPSA) is 0 Å². The molecule has 86 valence electrons. The molecule has 0 saturated carbocycles. The lowest BCUT2D eigenvalue weighted by Gasteiger charge is -2.11. The van der Waals surface area contributed by atoms with Crippen LogP contribution in [0.1, 0.15) is 25.0 Å². The summed E-state index contributed by atoms with van der Waals surface area (Å²) in [6, 6.07) is 19.3. The molecule has 0 spiro atoms. The fourth-order valence-corrected chi connectivity index (χ4v) is 2.32. The van der Waals surface area contributed by atoms with Crippen LogP contribution in [0.2, 0.25) is 0 Å². The third-order valence-electron chi connectivity index (χ3n) is 2.70. The molecule has 0 aliphatic heterocycles. The van der Waals surface area contributed by atoms with Crippen molar-refractivity contribution in [2.75, 3.05) is 0 Å². The van der Waals surface area contributed by atoms with E-state index in [1.165, 1.54) is 25.8 Å². The van der Waals surface area contributed by atoms with Crippen molar-refractivity contribution in [2.24, 2.45) is 0 Å². The van der Waals surface area contributed by atoms with E-state index in [1.54, 1.807) is 0 Å². The average molecular weight is 334 g/mol. The van der Waals surface area contributed by atoms with E-state index in [2.05, 4.69) is 91.0 Å². The van der Waals surface area contributed by atoms with Crippen LogP contribution in [0, 0.1) is 3.57 Å². The van der Waals surface area contributed by atoms with Crippen LogP contribution in [0.25, 0.3) is 5.57 Å². The first-order valence-electron chi connectivity index (χ1n) is 5.67. The molecule has 0 aromatic heterocycles. The van der Waals surface area contributed by atoms with E-state index in [4.69, 9.17) is 0 Å². The molecule has 0 unspecified atom stereocenters. The number of hydrogen-bond donors (Lipinski definition) is 0. The van der Waals surface area contributed by atoms with Gasteiger partial charge in [-0.3, -0.25) is 0 Å². The van der Waals surface area contributed by atoms with Gasteiger partial charge < -0.3 is 0 Å². The van der Waals surface area contributed by atoms with E-state index < -0.39 is 0 Å². The van der Waals surface area contributed by atoms with Gasteiger partial charge in [0.25, 0.3) is 0 Å². The second-order valence-electron chi connectivity index (χ2n) is 4.25. The van der Waals surface area contributed by atoms with Crippen LogP contribution in [0.15, 0.2) is 60.2 Å². The normalized spacial score (nSPS) is 10.1. The first-order valence-corrected chi connectivity index (χ1v) is 6.75. The molecule has 1 heteroatoms. The van der Waals surface area contributed by atoms with Gasteiger partial charge in [-0.25, -0.2) is 0 Å². The second kappa shape index (κ2) is 5.50. The van der Waals surface area contributed by atoms with Gasteiger partial charge in [0.15, 0.2) is 0 Å². The molecule has 2 aromatic rings. The molecule has 2 rings (SSSR count). The molecule has 0 saturated heterocycles. The highest BCUT2D eigenvalue weighted by molar-refractivity contribution is 14.1. The van der Waals surface area contributed by atoms with E-state index in [0.717, 1.165) is 0 Å². The molecule has 0 nitrogen and oxygen atoms in total. The number of benzene rings is 2. The summed E-state index contributed by atoms with van der Waals surface area (Å²) in [6.07, 6.45) is 0. The molecule has 0 aliphatic carbocycles. The maximum absolute atomic E-state index is 2.34. The Hall–Kier alpha value is -1.09. The summed E-state index contributed by atoms with van der Waals surface area (Å²) in [4.78, 5) is 0. The molecule has 0 amide bonds. The summed E-state index contributed by atoms with van der Waals surface area (Å²) in [6.45, 7) is 4.33. The van der Waals surface area contributed by atoms with Gasteiger partial charge in [-0.2, -0.15) is 0 Å². The summed E-state index contributed by atoms with van der Waals surface area (Å²) in [5, 5.41) is 0. The van der Waals surface area contributed by atoms with Gasteiger partial charge in [0.05, 0.1) is 0 Å². The van der Waals surface area contributed by atoms with Gasteiger partial charge in [-0.05, 0) is 65.3 Å². The predicted molar refractivity (Wildman–Crippen MR) is 83.0 cm³/mol. The lowest BCUT2D eigenvalue weighted by molar-refractivity contribution is 1.37. The fraction of sp³-hybridized carbons (Fsp3) is 0.125. The number of halogens is 1. The van der Waals surface area contributed by atoms with Crippen molar-refractivity contribution in [3.63, 3.8) is 0 Å². The first-order chi connectivity index (χ1) is 8.18. The van der Waals surface area contributed by atoms with Gasteiger partial charge in [0, 0.05) is 3.57 Å². The monoisotopic (exact) mass is 334 g/mol. The Bertz CT molecular complexity index is 517. The minimum atomic E-state index is 1.27. The Morgan fingerprint density at radius 1 is 0.765 bits per heavy atom. The molecular formula is C16H15I. The number of rotatable bonds is 2. The molecular weight excluding hydrogens is 319 g/mol. The quantitative estimate of drug-likeness (QED) is 0.668. The molecule has 0 heterocycles. The number of hydrogen-bond acceptors (Lipinski definition) is 0. The Balaban J connectivity index is 2.52. The van der Waals surface area contributed by atoms with Gasteiger partial charge in [0.2, 0.25) is 0 Å². The summed E-state index contributed by atoms with van der Waals surface area (Å²) in [5.41, 5.74) is 5.25. The van der Waals surface area contributed by atoms with Gasteiger partial charge in [0.1, 0.15) is 0 Å². The van der Waals surface area contributed by atoms with Crippen LogP contribution >= 0.6 is 22.6 Å². The van der Waals surface area contributed by atoms with Crippen molar-refractivity contribution >= 4 is 28.2 Å². The van der Waals surface area contributed by atoms with E-state index in [-0.39, 0.29) is 0 Å². The van der Waals surface area contributed by atoms with Crippen molar-refractivity contribution in [2.45, 2.75) is 13.8 Å². The number of allylic oxidation sites excluding steroid dienone is 1. The minimum Gasteiger partial charge on any atom is -0.0680 e. The van der Waals surface area contributed by atoms with E-state index in [1.807, 2.05) is 0 Å². The van der Waals surface area contributed by atoms with E-state index >= 15 is 0 Å². The molecule has 0 bridgehead atoms.